The van der Waals surface area contributed by atoms with Crippen molar-refractivity contribution < 1.29 is 13.9 Å². The highest BCUT2D eigenvalue weighted by Crippen LogP contribution is 2.19. The summed E-state index contributed by atoms with van der Waals surface area (Å²) in [4.78, 5) is 12.0. The molecule has 110 valence electrons. The van der Waals surface area contributed by atoms with Crippen LogP contribution in [0.15, 0.2) is 42.5 Å². The molecular weight excluding hydrogens is 295 g/mol. The molecule has 4 nitrogen and oxygen atoms in total. The van der Waals surface area contributed by atoms with Gasteiger partial charge in [-0.05, 0) is 42.5 Å². The lowest BCUT2D eigenvalue weighted by atomic mass is 10.2. The molecule has 0 aromatic heterocycles. The number of carbonyl (C=O) groups excluding carboxylic acids is 1. The molecule has 2 aromatic rings. The van der Waals surface area contributed by atoms with Crippen LogP contribution in [-0.2, 0) is 0 Å². The number of nitrogens with two attached hydrogens (primary N) is 1. The Morgan fingerprint density at radius 2 is 1.95 bits per heavy atom. The third kappa shape index (κ3) is 4.18. The van der Waals surface area contributed by atoms with Crippen LogP contribution in [0, 0.1) is 5.82 Å². The van der Waals surface area contributed by atoms with Crippen molar-refractivity contribution in [1.82, 2.24) is 0 Å². The lowest BCUT2D eigenvalue weighted by Gasteiger charge is -2.08. The predicted molar refractivity (Wildman–Crippen MR) is 80.4 cm³/mol. The summed E-state index contributed by atoms with van der Waals surface area (Å²) in [6.07, 6.45) is 0. The molecule has 0 heterocycles. The molecule has 6 heteroatoms. The van der Waals surface area contributed by atoms with Crippen molar-refractivity contribution in [1.29, 1.82) is 0 Å². The Balaban J connectivity index is 2.07. The van der Waals surface area contributed by atoms with E-state index >= 15 is 0 Å². The second-order valence-corrected chi connectivity index (χ2v) is 4.68. The monoisotopic (exact) mass is 308 g/mol. The maximum Gasteiger partial charge on any atom is 0.258 e. The van der Waals surface area contributed by atoms with Gasteiger partial charge in [0.05, 0.1) is 5.56 Å². The number of ether oxygens (including phenoxy) is 1. The maximum atomic E-state index is 13.6. The molecule has 21 heavy (non-hydrogen) atoms. The van der Waals surface area contributed by atoms with Crippen molar-refractivity contribution in [3.8, 4) is 5.75 Å². The lowest BCUT2D eigenvalue weighted by molar-refractivity contribution is 0.102. The van der Waals surface area contributed by atoms with E-state index in [0.717, 1.165) is 6.07 Å². The van der Waals surface area contributed by atoms with E-state index in [0.29, 0.717) is 29.6 Å². The quantitative estimate of drug-likeness (QED) is 0.892. The van der Waals surface area contributed by atoms with E-state index in [-0.39, 0.29) is 5.56 Å². The number of nitrogens with one attached hydrogen (secondary N) is 1. The number of hydrogen-bond acceptors (Lipinski definition) is 3. The zero-order valence-electron chi connectivity index (χ0n) is 11.1. The van der Waals surface area contributed by atoms with Crippen LogP contribution < -0.4 is 15.8 Å². The van der Waals surface area contributed by atoms with Gasteiger partial charge in [-0.2, -0.15) is 0 Å². The van der Waals surface area contributed by atoms with Crippen LogP contribution >= 0.6 is 11.6 Å². The summed E-state index contributed by atoms with van der Waals surface area (Å²) in [6, 6.07) is 10.5. The SMILES string of the molecule is NCCOc1ccc(NC(=O)c2cc(Cl)ccc2F)cc1. The standard InChI is InChI=1S/C15H14ClFN2O2/c16-10-1-6-14(17)13(9-10)15(20)19-11-2-4-12(5-3-11)21-8-7-18/h1-6,9H,7-8,18H2,(H,19,20). The smallest absolute Gasteiger partial charge is 0.258 e. The Morgan fingerprint density at radius 1 is 1.24 bits per heavy atom. The molecule has 0 unspecified atom stereocenters. The Morgan fingerprint density at radius 3 is 2.62 bits per heavy atom. The average molecular weight is 309 g/mol. The zero-order valence-corrected chi connectivity index (χ0v) is 11.9. The van der Waals surface area contributed by atoms with Crippen LogP contribution in [0.5, 0.6) is 5.75 Å². The second-order valence-electron chi connectivity index (χ2n) is 4.24. The van der Waals surface area contributed by atoms with Crippen molar-refractivity contribution in [3.63, 3.8) is 0 Å². The first-order chi connectivity index (χ1) is 10.1. The second kappa shape index (κ2) is 7.06. The van der Waals surface area contributed by atoms with Gasteiger partial charge in [0.15, 0.2) is 0 Å². The fraction of sp³-hybridized carbons (Fsp3) is 0.133. The first kappa shape index (κ1) is 15.3. The number of rotatable bonds is 5. The molecule has 0 fully saturated rings. The number of amides is 1. The van der Waals surface area contributed by atoms with E-state index in [4.69, 9.17) is 22.1 Å². The summed E-state index contributed by atoms with van der Waals surface area (Å²) in [6.45, 7) is 0.839. The van der Waals surface area contributed by atoms with E-state index < -0.39 is 11.7 Å². The molecule has 0 radical (unpaired) electrons. The highest BCUT2D eigenvalue weighted by Gasteiger charge is 2.12. The van der Waals surface area contributed by atoms with Gasteiger partial charge in [0.2, 0.25) is 0 Å². The van der Waals surface area contributed by atoms with E-state index in [1.165, 1.54) is 12.1 Å². The fourth-order valence-corrected chi connectivity index (χ4v) is 1.85. The fourth-order valence-electron chi connectivity index (χ4n) is 1.68. The number of halogens is 2. The van der Waals surface area contributed by atoms with Gasteiger partial charge in [0.25, 0.3) is 5.91 Å². The van der Waals surface area contributed by atoms with Gasteiger partial charge in [0.1, 0.15) is 18.2 Å². The summed E-state index contributed by atoms with van der Waals surface area (Å²) in [5, 5.41) is 2.89. The lowest BCUT2D eigenvalue weighted by Crippen LogP contribution is -2.14. The Hall–Kier alpha value is -2.11. The van der Waals surface area contributed by atoms with E-state index in [1.807, 2.05) is 0 Å². The molecule has 0 aliphatic rings. The van der Waals surface area contributed by atoms with Crippen molar-refractivity contribution in [2.24, 2.45) is 5.73 Å². The highest BCUT2D eigenvalue weighted by atomic mass is 35.5. The molecule has 2 aromatic carbocycles. The molecular formula is C15H14ClFN2O2. The molecule has 1 amide bonds. The van der Waals surface area contributed by atoms with E-state index in [2.05, 4.69) is 5.32 Å². The molecule has 0 aliphatic carbocycles. The molecule has 2 rings (SSSR count). The molecule has 3 N–H and O–H groups in total. The number of carbonyl (C=O) groups is 1. The largest absolute Gasteiger partial charge is 0.492 e. The minimum absolute atomic E-state index is 0.106. The molecule has 0 saturated carbocycles. The average Bonchev–Trinajstić information content (AvgIpc) is 2.49. The van der Waals surface area contributed by atoms with Gasteiger partial charge in [-0.3, -0.25) is 4.79 Å². The first-order valence-electron chi connectivity index (χ1n) is 6.29. The predicted octanol–water partition coefficient (Wildman–Crippen LogP) is 3.07. The Bertz CT molecular complexity index is 632. The van der Waals surface area contributed by atoms with Crippen LogP contribution in [0.4, 0.5) is 10.1 Å². The number of anilines is 1. The van der Waals surface area contributed by atoms with E-state index in [9.17, 15) is 9.18 Å². The van der Waals surface area contributed by atoms with Gasteiger partial charge >= 0.3 is 0 Å². The third-order valence-corrected chi connectivity index (χ3v) is 2.91. The van der Waals surface area contributed by atoms with Crippen LogP contribution in [-0.4, -0.2) is 19.1 Å². The summed E-state index contributed by atoms with van der Waals surface area (Å²) < 4.78 is 18.9. The third-order valence-electron chi connectivity index (χ3n) is 2.67. The normalized spacial score (nSPS) is 10.2. The minimum Gasteiger partial charge on any atom is -0.492 e. The van der Waals surface area contributed by atoms with Gasteiger partial charge in [-0.25, -0.2) is 4.39 Å². The van der Waals surface area contributed by atoms with Gasteiger partial charge in [-0.1, -0.05) is 11.6 Å². The first-order valence-corrected chi connectivity index (χ1v) is 6.67. The summed E-state index contributed by atoms with van der Waals surface area (Å²) in [7, 11) is 0. The molecule has 0 atom stereocenters. The van der Waals surface area contributed by atoms with Crippen LogP contribution in [0.3, 0.4) is 0 Å². The zero-order chi connectivity index (χ0) is 15.2. The van der Waals surface area contributed by atoms with Gasteiger partial charge in [-0.15, -0.1) is 0 Å². The summed E-state index contributed by atoms with van der Waals surface area (Å²) in [5.74, 6) is -0.544. The number of hydrogen-bond donors (Lipinski definition) is 2. The molecule has 0 bridgehead atoms. The van der Waals surface area contributed by atoms with Crippen molar-refractivity contribution >= 4 is 23.2 Å². The molecule has 0 spiro atoms. The van der Waals surface area contributed by atoms with Crippen molar-refractivity contribution in [2.45, 2.75) is 0 Å². The van der Waals surface area contributed by atoms with Crippen molar-refractivity contribution in [3.05, 3.63) is 58.9 Å². The van der Waals surface area contributed by atoms with Crippen LogP contribution in [0.1, 0.15) is 10.4 Å². The Kier molecular flexibility index (Phi) is 5.14. The number of benzene rings is 2. The van der Waals surface area contributed by atoms with Crippen LogP contribution in [0.2, 0.25) is 5.02 Å². The maximum absolute atomic E-state index is 13.6. The van der Waals surface area contributed by atoms with E-state index in [1.54, 1.807) is 24.3 Å². The van der Waals surface area contributed by atoms with Gasteiger partial charge < -0.3 is 15.8 Å². The topological polar surface area (TPSA) is 64.3 Å². The Labute approximate surface area is 126 Å². The highest BCUT2D eigenvalue weighted by molar-refractivity contribution is 6.31. The summed E-state index contributed by atoms with van der Waals surface area (Å²) >= 11 is 5.76. The van der Waals surface area contributed by atoms with Crippen LogP contribution in [0.25, 0.3) is 0 Å². The molecule has 0 saturated heterocycles. The molecule has 0 aliphatic heterocycles. The minimum atomic E-state index is -0.625. The van der Waals surface area contributed by atoms with Gasteiger partial charge in [0, 0.05) is 17.3 Å². The van der Waals surface area contributed by atoms with Crippen molar-refractivity contribution in [2.75, 3.05) is 18.5 Å². The summed E-state index contributed by atoms with van der Waals surface area (Å²) in [5.41, 5.74) is 5.76.